The molecule has 0 radical (unpaired) electrons. The minimum absolute atomic E-state index is 0.403. The van der Waals surface area contributed by atoms with Gasteiger partial charge in [0.25, 0.3) is 0 Å². The first kappa shape index (κ1) is 17.0. The Kier molecular flexibility index (Phi) is 6.33. The molecular weight excluding hydrogens is 305 g/mol. The summed E-state index contributed by atoms with van der Waals surface area (Å²) in [6, 6.07) is 6.86. The van der Waals surface area contributed by atoms with Gasteiger partial charge in [-0.25, -0.2) is 0 Å². The number of benzene rings is 1. The summed E-state index contributed by atoms with van der Waals surface area (Å²) in [7, 11) is 6.44. The average Bonchev–Trinajstić information content (AvgIpc) is 2.46. The number of piperazine rings is 1. The summed E-state index contributed by atoms with van der Waals surface area (Å²) in [6.07, 6.45) is 2.02. The van der Waals surface area contributed by atoms with Crippen LogP contribution in [0.15, 0.2) is 18.2 Å². The number of hydrogen-bond donors (Lipinski definition) is 1. The van der Waals surface area contributed by atoms with Crippen molar-refractivity contribution in [1.29, 1.82) is 0 Å². The van der Waals surface area contributed by atoms with Crippen LogP contribution in [0, 0.1) is 0 Å². The number of hydrogen-bond acceptors (Lipinski definition) is 3. The summed E-state index contributed by atoms with van der Waals surface area (Å²) in [4.78, 5) is 4.87. The summed E-state index contributed by atoms with van der Waals surface area (Å²) in [5.41, 5.74) is 1.12. The van der Waals surface area contributed by atoms with Crippen LogP contribution in [0.1, 0.15) is 12.0 Å². The maximum Gasteiger partial charge on any atom is 0.0624 e. The molecular formula is C16H25Cl2N3. The molecule has 5 heteroatoms. The number of likely N-dealkylation sites (N-methyl/N-ethyl adjacent to an activating group) is 3. The van der Waals surface area contributed by atoms with Crippen molar-refractivity contribution >= 4 is 23.2 Å². The fraction of sp³-hybridized carbons (Fsp3) is 0.625. The first-order chi connectivity index (χ1) is 10.0. The fourth-order valence-corrected chi connectivity index (χ4v) is 3.36. The summed E-state index contributed by atoms with van der Waals surface area (Å²) < 4.78 is 0. The van der Waals surface area contributed by atoms with E-state index in [0.29, 0.717) is 22.1 Å². The Morgan fingerprint density at radius 1 is 1.29 bits per heavy atom. The predicted molar refractivity (Wildman–Crippen MR) is 91.5 cm³/mol. The number of nitrogens with zero attached hydrogens (tertiary/aromatic N) is 2. The topological polar surface area (TPSA) is 18.5 Å². The Morgan fingerprint density at radius 2 is 2.05 bits per heavy atom. The zero-order chi connectivity index (χ0) is 15.4. The second kappa shape index (κ2) is 7.80. The molecule has 1 saturated heterocycles. The second-order valence-corrected chi connectivity index (χ2v) is 6.82. The molecule has 2 atom stereocenters. The molecule has 21 heavy (non-hydrogen) atoms. The van der Waals surface area contributed by atoms with E-state index >= 15 is 0 Å². The summed E-state index contributed by atoms with van der Waals surface area (Å²) in [6.45, 7) is 3.41. The smallest absolute Gasteiger partial charge is 0.0624 e. The molecule has 1 N–H and O–H groups in total. The molecule has 1 heterocycles. The van der Waals surface area contributed by atoms with Crippen molar-refractivity contribution in [3.05, 3.63) is 33.8 Å². The van der Waals surface area contributed by atoms with Gasteiger partial charge in [-0.3, -0.25) is 0 Å². The first-order valence-electron chi connectivity index (χ1n) is 7.50. The highest BCUT2D eigenvalue weighted by molar-refractivity contribution is 6.42. The Bertz CT molecular complexity index is 467. The van der Waals surface area contributed by atoms with Gasteiger partial charge >= 0.3 is 0 Å². The first-order valence-corrected chi connectivity index (χ1v) is 8.25. The van der Waals surface area contributed by atoms with Gasteiger partial charge in [-0.15, -0.1) is 0 Å². The lowest BCUT2D eigenvalue weighted by Gasteiger charge is -2.39. The van der Waals surface area contributed by atoms with E-state index in [9.17, 15) is 0 Å². The normalized spacial score (nSPS) is 22.4. The third-order valence-electron chi connectivity index (χ3n) is 4.44. The van der Waals surface area contributed by atoms with Crippen molar-refractivity contribution in [2.75, 3.05) is 40.8 Å². The van der Waals surface area contributed by atoms with E-state index in [4.69, 9.17) is 23.2 Å². The highest BCUT2D eigenvalue weighted by atomic mass is 35.5. The van der Waals surface area contributed by atoms with Crippen LogP contribution in [-0.4, -0.2) is 62.7 Å². The summed E-state index contributed by atoms with van der Waals surface area (Å²) >= 11 is 12.4. The minimum atomic E-state index is 0.403. The Morgan fingerprint density at radius 3 is 2.76 bits per heavy atom. The van der Waals surface area contributed by atoms with Gasteiger partial charge in [0.2, 0.25) is 0 Å². The largest absolute Gasteiger partial charge is 0.317 e. The maximum absolute atomic E-state index is 6.31. The van der Waals surface area contributed by atoms with Crippen molar-refractivity contribution in [2.45, 2.75) is 24.9 Å². The van der Waals surface area contributed by atoms with Crippen molar-refractivity contribution in [3.63, 3.8) is 0 Å². The van der Waals surface area contributed by atoms with E-state index in [1.165, 1.54) is 0 Å². The van der Waals surface area contributed by atoms with Gasteiger partial charge in [-0.05, 0) is 45.6 Å². The van der Waals surface area contributed by atoms with Gasteiger partial charge in [0, 0.05) is 31.7 Å². The Balaban J connectivity index is 2.01. The SMILES string of the molecule is CNC(Cc1cccc(Cl)c1Cl)CC1CN(C)CCN1C. The predicted octanol–water partition coefficient (Wildman–Crippen LogP) is 2.76. The van der Waals surface area contributed by atoms with Crippen LogP contribution in [0.5, 0.6) is 0 Å². The zero-order valence-corrected chi connectivity index (χ0v) is 14.6. The lowest BCUT2D eigenvalue weighted by molar-refractivity contribution is 0.102. The molecule has 1 aliphatic rings. The molecule has 0 saturated carbocycles. The third-order valence-corrected chi connectivity index (χ3v) is 5.30. The molecule has 118 valence electrons. The summed E-state index contributed by atoms with van der Waals surface area (Å²) in [5.74, 6) is 0. The van der Waals surface area contributed by atoms with Gasteiger partial charge < -0.3 is 15.1 Å². The molecule has 1 aliphatic heterocycles. The molecule has 0 aromatic heterocycles. The van der Waals surface area contributed by atoms with Gasteiger partial charge in [0.05, 0.1) is 10.0 Å². The van der Waals surface area contributed by atoms with Crippen LogP contribution in [0.4, 0.5) is 0 Å². The lowest BCUT2D eigenvalue weighted by atomic mass is 9.97. The average molecular weight is 330 g/mol. The van der Waals surface area contributed by atoms with Crippen LogP contribution in [0.2, 0.25) is 10.0 Å². The monoisotopic (exact) mass is 329 g/mol. The van der Waals surface area contributed by atoms with E-state index in [1.54, 1.807) is 0 Å². The standard InChI is InChI=1S/C16H25Cl2N3/c1-19-13(9-12-5-4-6-15(17)16(12)18)10-14-11-20(2)7-8-21(14)3/h4-6,13-14,19H,7-11H2,1-3H3. The van der Waals surface area contributed by atoms with Crippen molar-refractivity contribution in [2.24, 2.45) is 0 Å². The van der Waals surface area contributed by atoms with E-state index in [0.717, 1.165) is 38.0 Å². The van der Waals surface area contributed by atoms with Crippen LogP contribution in [0.25, 0.3) is 0 Å². The lowest BCUT2D eigenvalue weighted by Crippen LogP contribution is -2.52. The van der Waals surface area contributed by atoms with Crippen molar-refractivity contribution < 1.29 is 0 Å². The fourth-order valence-electron chi connectivity index (χ4n) is 2.96. The third kappa shape index (κ3) is 4.57. The van der Waals surface area contributed by atoms with Gasteiger partial charge in [0.1, 0.15) is 0 Å². The van der Waals surface area contributed by atoms with E-state index in [-0.39, 0.29) is 0 Å². The molecule has 0 amide bonds. The zero-order valence-electron chi connectivity index (χ0n) is 13.1. The second-order valence-electron chi connectivity index (χ2n) is 6.04. The van der Waals surface area contributed by atoms with Gasteiger partial charge in [-0.1, -0.05) is 35.3 Å². The molecule has 1 aromatic carbocycles. The van der Waals surface area contributed by atoms with Crippen LogP contribution in [-0.2, 0) is 6.42 Å². The molecule has 2 unspecified atom stereocenters. The van der Waals surface area contributed by atoms with Crippen molar-refractivity contribution in [1.82, 2.24) is 15.1 Å². The summed E-state index contributed by atoms with van der Waals surface area (Å²) in [5, 5.41) is 4.76. The van der Waals surface area contributed by atoms with Crippen LogP contribution >= 0.6 is 23.2 Å². The Hall–Kier alpha value is -0.320. The number of nitrogens with one attached hydrogen (secondary N) is 1. The molecule has 3 nitrogen and oxygen atoms in total. The Labute approximate surface area is 138 Å². The van der Waals surface area contributed by atoms with E-state index in [2.05, 4.69) is 35.3 Å². The molecule has 1 aromatic rings. The molecule has 2 rings (SSSR count). The van der Waals surface area contributed by atoms with Crippen molar-refractivity contribution in [3.8, 4) is 0 Å². The number of halogens is 2. The molecule has 0 bridgehead atoms. The molecule has 1 fully saturated rings. The van der Waals surface area contributed by atoms with Gasteiger partial charge in [-0.2, -0.15) is 0 Å². The van der Waals surface area contributed by atoms with E-state index in [1.807, 2.05) is 19.2 Å². The number of rotatable bonds is 5. The highest BCUT2D eigenvalue weighted by Gasteiger charge is 2.25. The van der Waals surface area contributed by atoms with Crippen LogP contribution < -0.4 is 5.32 Å². The molecule has 0 spiro atoms. The van der Waals surface area contributed by atoms with Gasteiger partial charge in [0.15, 0.2) is 0 Å². The van der Waals surface area contributed by atoms with Crippen LogP contribution in [0.3, 0.4) is 0 Å². The minimum Gasteiger partial charge on any atom is -0.317 e. The van der Waals surface area contributed by atoms with E-state index < -0.39 is 0 Å². The molecule has 0 aliphatic carbocycles. The highest BCUT2D eigenvalue weighted by Crippen LogP contribution is 2.27. The maximum atomic E-state index is 6.31. The quantitative estimate of drug-likeness (QED) is 0.896.